The molecule has 0 radical (unpaired) electrons. The largest absolute Gasteiger partial charge is 0.497 e. The zero-order valence-corrected chi connectivity index (χ0v) is 22.5. The average molecular weight is 534 g/mol. The lowest BCUT2D eigenvalue weighted by atomic mass is 10.1. The quantitative estimate of drug-likeness (QED) is 0.274. The minimum Gasteiger partial charge on any atom is -0.497 e. The van der Waals surface area contributed by atoms with Gasteiger partial charge < -0.3 is 34.3 Å². The van der Waals surface area contributed by atoms with Gasteiger partial charge in [0, 0.05) is 18.7 Å². The second-order valence-corrected chi connectivity index (χ2v) is 8.29. The van der Waals surface area contributed by atoms with Crippen LogP contribution in [0.1, 0.15) is 21.5 Å². The lowest BCUT2D eigenvalue weighted by molar-refractivity contribution is 0.0946. The van der Waals surface area contributed by atoms with Crippen molar-refractivity contribution in [3.63, 3.8) is 0 Å². The predicted molar refractivity (Wildman–Crippen MR) is 146 cm³/mol. The third-order valence-corrected chi connectivity index (χ3v) is 5.93. The molecule has 11 heteroatoms. The van der Waals surface area contributed by atoms with Crippen molar-refractivity contribution in [1.82, 2.24) is 14.8 Å². The van der Waals surface area contributed by atoms with Gasteiger partial charge in [-0.25, -0.2) is 0 Å². The molecule has 3 aromatic carbocycles. The summed E-state index contributed by atoms with van der Waals surface area (Å²) in [5, 5.41) is 10.8. The van der Waals surface area contributed by atoms with Gasteiger partial charge >= 0.3 is 0 Å². The highest BCUT2D eigenvalue weighted by Crippen LogP contribution is 2.38. The third kappa shape index (κ3) is 6.32. The van der Waals surface area contributed by atoms with Gasteiger partial charge in [0.25, 0.3) is 5.91 Å². The van der Waals surface area contributed by atoms with E-state index in [0.29, 0.717) is 30.3 Å². The van der Waals surface area contributed by atoms with Gasteiger partial charge in [-0.2, -0.15) is 9.67 Å². The number of nitrogens with zero attached hydrogens (tertiary/aromatic N) is 3. The van der Waals surface area contributed by atoms with E-state index in [1.54, 1.807) is 26.4 Å². The highest BCUT2D eigenvalue weighted by molar-refractivity contribution is 5.98. The summed E-state index contributed by atoms with van der Waals surface area (Å²) in [4.78, 5) is 18.2. The first-order chi connectivity index (χ1) is 19.0. The molecule has 0 atom stereocenters. The number of carbonyl (C=O) groups excluding carboxylic acids is 1. The fraction of sp³-hybridized carbons (Fsp3) is 0.250. The van der Waals surface area contributed by atoms with Crippen LogP contribution in [0.3, 0.4) is 0 Å². The van der Waals surface area contributed by atoms with Crippen molar-refractivity contribution < 1.29 is 28.5 Å². The SMILES string of the molecule is COc1ccc(CNc2nc(NCc3ccc(OC)cc3)n(C(=O)c3cc(OC)c(OC)c(OC)c3)n2)cc1. The first kappa shape index (κ1) is 27.1. The van der Waals surface area contributed by atoms with Gasteiger partial charge in [-0.15, -0.1) is 5.10 Å². The predicted octanol–water partition coefficient (Wildman–Crippen LogP) is 4.23. The molecule has 0 saturated heterocycles. The number of carbonyl (C=O) groups is 1. The average Bonchev–Trinajstić information content (AvgIpc) is 3.41. The van der Waals surface area contributed by atoms with Gasteiger partial charge in [0.1, 0.15) is 11.5 Å². The Balaban J connectivity index is 1.63. The van der Waals surface area contributed by atoms with E-state index < -0.39 is 5.91 Å². The lowest BCUT2D eigenvalue weighted by Crippen LogP contribution is -2.18. The van der Waals surface area contributed by atoms with Gasteiger partial charge in [-0.1, -0.05) is 24.3 Å². The summed E-state index contributed by atoms with van der Waals surface area (Å²) in [6, 6.07) is 18.4. The van der Waals surface area contributed by atoms with Crippen molar-refractivity contribution in [1.29, 1.82) is 0 Å². The fourth-order valence-corrected chi connectivity index (χ4v) is 3.82. The summed E-state index contributed by atoms with van der Waals surface area (Å²) in [5.41, 5.74) is 2.25. The highest BCUT2D eigenvalue weighted by atomic mass is 16.5. The third-order valence-electron chi connectivity index (χ3n) is 5.93. The number of methoxy groups -OCH3 is 5. The summed E-state index contributed by atoms with van der Waals surface area (Å²) >= 11 is 0. The Hall–Kier alpha value is -4.93. The number of hydrogen-bond acceptors (Lipinski definition) is 10. The van der Waals surface area contributed by atoms with Crippen molar-refractivity contribution in [2.75, 3.05) is 46.2 Å². The van der Waals surface area contributed by atoms with E-state index in [4.69, 9.17) is 23.7 Å². The van der Waals surface area contributed by atoms with Crippen LogP contribution in [-0.4, -0.2) is 56.2 Å². The van der Waals surface area contributed by atoms with Crippen molar-refractivity contribution in [2.45, 2.75) is 13.1 Å². The molecule has 0 amide bonds. The zero-order chi connectivity index (χ0) is 27.8. The van der Waals surface area contributed by atoms with Crippen LogP contribution >= 0.6 is 0 Å². The van der Waals surface area contributed by atoms with Crippen molar-refractivity contribution in [3.8, 4) is 28.7 Å². The first-order valence-electron chi connectivity index (χ1n) is 12.0. The molecule has 39 heavy (non-hydrogen) atoms. The summed E-state index contributed by atoms with van der Waals surface area (Å²) in [6.45, 7) is 0.855. The lowest BCUT2D eigenvalue weighted by Gasteiger charge is -2.14. The number of anilines is 2. The summed E-state index contributed by atoms with van der Waals surface area (Å²) in [5.74, 6) is 2.72. The normalized spacial score (nSPS) is 10.5. The van der Waals surface area contributed by atoms with Gasteiger partial charge in [-0.05, 0) is 47.5 Å². The maximum Gasteiger partial charge on any atom is 0.281 e. The van der Waals surface area contributed by atoms with E-state index in [1.807, 2.05) is 48.5 Å². The molecule has 2 N–H and O–H groups in total. The number of nitrogens with one attached hydrogen (secondary N) is 2. The van der Waals surface area contributed by atoms with Crippen molar-refractivity contribution in [3.05, 3.63) is 77.4 Å². The number of benzene rings is 3. The highest BCUT2D eigenvalue weighted by Gasteiger charge is 2.22. The zero-order valence-electron chi connectivity index (χ0n) is 22.5. The molecule has 0 bridgehead atoms. The monoisotopic (exact) mass is 533 g/mol. The molecular formula is C28H31N5O6. The van der Waals surface area contributed by atoms with Crippen LogP contribution in [0.2, 0.25) is 0 Å². The van der Waals surface area contributed by atoms with Crippen molar-refractivity contribution >= 4 is 17.8 Å². The number of hydrogen-bond donors (Lipinski definition) is 2. The molecule has 0 unspecified atom stereocenters. The van der Waals surface area contributed by atoms with E-state index in [-0.39, 0.29) is 17.5 Å². The maximum absolute atomic E-state index is 13.7. The van der Waals surface area contributed by atoms with Gasteiger partial charge in [-0.3, -0.25) is 4.79 Å². The minimum absolute atomic E-state index is 0.266. The Bertz CT molecular complexity index is 1380. The molecule has 1 heterocycles. The summed E-state index contributed by atoms with van der Waals surface area (Å²) in [7, 11) is 7.72. The van der Waals surface area contributed by atoms with E-state index in [9.17, 15) is 4.79 Å². The minimum atomic E-state index is -0.434. The Morgan fingerprint density at radius 2 is 1.23 bits per heavy atom. The molecular weight excluding hydrogens is 502 g/mol. The maximum atomic E-state index is 13.7. The first-order valence-corrected chi connectivity index (χ1v) is 12.0. The van der Waals surface area contributed by atoms with E-state index >= 15 is 0 Å². The van der Waals surface area contributed by atoms with Crippen LogP contribution in [0, 0.1) is 0 Å². The Morgan fingerprint density at radius 3 is 1.69 bits per heavy atom. The van der Waals surface area contributed by atoms with E-state index in [0.717, 1.165) is 22.6 Å². The number of aromatic nitrogens is 3. The molecule has 0 aliphatic heterocycles. The summed E-state index contributed by atoms with van der Waals surface area (Å²) in [6.07, 6.45) is 0. The van der Waals surface area contributed by atoms with Crippen LogP contribution in [0.25, 0.3) is 0 Å². The van der Waals surface area contributed by atoms with Crippen molar-refractivity contribution in [2.24, 2.45) is 0 Å². The van der Waals surface area contributed by atoms with Crippen LogP contribution in [0.4, 0.5) is 11.9 Å². The molecule has 4 rings (SSSR count). The smallest absolute Gasteiger partial charge is 0.281 e. The fourth-order valence-electron chi connectivity index (χ4n) is 3.82. The van der Waals surface area contributed by atoms with Crippen LogP contribution in [0.15, 0.2) is 60.7 Å². The van der Waals surface area contributed by atoms with Gasteiger partial charge in [0.05, 0.1) is 35.5 Å². The van der Waals surface area contributed by atoms with E-state index in [2.05, 4.69) is 20.7 Å². The molecule has 11 nitrogen and oxygen atoms in total. The van der Waals surface area contributed by atoms with Gasteiger partial charge in [0.2, 0.25) is 17.6 Å². The van der Waals surface area contributed by atoms with Crippen LogP contribution in [0.5, 0.6) is 28.7 Å². The molecule has 0 saturated carbocycles. The molecule has 0 spiro atoms. The Kier molecular flexibility index (Phi) is 8.72. The van der Waals surface area contributed by atoms with Crippen LogP contribution in [-0.2, 0) is 13.1 Å². The molecule has 4 aromatic rings. The number of rotatable bonds is 12. The Labute approximate surface area is 226 Å². The van der Waals surface area contributed by atoms with Gasteiger partial charge in [0.15, 0.2) is 11.5 Å². The molecule has 0 aliphatic carbocycles. The second-order valence-electron chi connectivity index (χ2n) is 8.29. The second kappa shape index (κ2) is 12.5. The molecule has 0 aliphatic rings. The van der Waals surface area contributed by atoms with Crippen LogP contribution < -0.4 is 34.3 Å². The van der Waals surface area contributed by atoms with E-state index in [1.165, 1.54) is 26.0 Å². The topological polar surface area (TPSA) is 118 Å². The summed E-state index contributed by atoms with van der Waals surface area (Å²) < 4.78 is 27.9. The standard InChI is InChI=1S/C28H31N5O6/c1-35-21-10-6-18(7-11-21)16-29-27-31-28(30-17-19-8-12-22(36-2)13-9-19)33(32-27)26(34)20-14-23(37-3)25(39-5)24(15-20)38-4/h6-15H,16-17H2,1-5H3,(H2,29,30,31,32). The molecule has 1 aromatic heterocycles. The Morgan fingerprint density at radius 1 is 0.718 bits per heavy atom. The molecule has 204 valence electrons. The number of ether oxygens (including phenoxy) is 5. The molecule has 0 fully saturated rings.